The fourth-order valence-corrected chi connectivity index (χ4v) is 4.69. The number of amides is 1. The number of nitrogens with zero attached hydrogens (tertiary/aromatic N) is 3. The molecule has 27 heavy (non-hydrogen) atoms. The average molecular weight is 399 g/mol. The van der Waals surface area contributed by atoms with Crippen LogP contribution in [0.3, 0.4) is 0 Å². The number of thioether (sulfide) groups is 1. The van der Waals surface area contributed by atoms with E-state index in [1.54, 1.807) is 23.5 Å². The van der Waals surface area contributed by atoms with Crippen molar-refractivity contribution >= 4 is 40.5 Å². The van der Waals surface area contributed by atoms with Gasteiger partial charge >= 0.3 is 0 Å². The van der Waals surface area contributed by atoms with Crippen LogP contribution in [0.4, 0.5) is 5.69 Å². The van der Waals surface area contributed by atoms with Crippen molar-refractivity contribution in [3.63, 3.8) is 0 Å². The third-order valence-electron chi connectivity index (χ3n) is 4.60. The number of ketones is 1. The van der Waals surface area contributed by atoms with E-state index < -0.39 is 0 Å². The maximum atomic E-state index is 12.7. The predicted octanol–water partition coefficient (Wildman–Crippen LogP) is 4.06. The zero-order valence-electron chi connectivity index (χ0n) is 14.9. The highest BCUT2D eigenvalue weighted by atomic mass is 32.2. The Bertz CT molecular complexity index is 1010. The van der Waals surface area contributed by atoms with Gasteiger partial charge < -0.3 is 9.88 Å². The van der Waals surface area contributed by atoms with Gasteiger partial charge in [-0.3, -0.25) is 9.59 Å². The van der Waals surface area contributed by atoms with Crippen molar-refractivity contribution < 1.29 is 9.59 Å². The summed E-state index contributed by atoms with van der Waals surface area (Å²) in [6.07, 6.45) is 0. The first-order valence-corrected chi connectivity index (χ1v) is 10.5. The Morgan fingerprint density at radius 3 is 2.93 bits per heavy atom. The minimum absolute atomic E-state index is 0.0117. The highest BCUT2D eigenvalue weighted by Gasteiger charge is 2.27. The summed E-state index contributed by atoms with van der Waals surface area (Å²) in [5, 5.41) is 14.1. The van der Waals surface area contributed by atoms with Crippen molar-refractivity contribution in [1.82, 2.24) is 14.8 Å². The van der Waals surface area contributed by atoms with Crippen molar-refractivity contribution in [2.75, 3.05) is 11.1 Å². The largest absolute Gasteiger partial charge is 0.325 e. The van der Waals surface area contributed by atoms with E-state index >= 15 is 0 Å². The Morgan fingerprint density at radius 2 is 2.19 bits per heavy atom. The summed E-state index contributed by atoms with van der Waals surface area (Å²) < 4.78 is 2.02. The van der Waals surface area contributed by atoms with Crippen LogP contribution >= 0.6 is 23.1 Å². The molecule has 2 aromatic heterocycles. The summed E-state index contributed by atoms with van der Waals surface area (Å²) in [6, 6.07) is 9.39. The first-order valence-electron chi connectivity index (χ1n) is 8.66. The van der Waals surface area contributed by atoms with E-state index in [1.807, 2.05) is 42.0 Å². The summed E-state index contributed by atoms with van der Waals surface area (Å²) in [4.78, 5) is 25.5. The van der Waals surface area contributed by atoms with Crippen LogP contribution in [0.5, 0.6) is 0 Å². The van der Waals surface area contributed by atoms with Crippen LogP contribution in [0.25, 0.3) is 10.7 Å². The summed E-state index contributed by atoms with van der Waals surface area (Å²) in [5.74, 6) is 0.867. The predicted molar refractivity (Wildman–Crippen MR) is 108 cm³/mol. The number of aromatic nitrogens is 3. The van der Waals surface area contributed by atoms with E-state index in [4.69, 9.17) is 0 Å². The second kappa shape index (κ2) is 7.28. The van der Waals surface area contributed by atoms with Gasteiger partial charge in [0.15, 0.2) is 16.8 Å². The Kier molecular flexibility index (Phi) is 4.84. The van der Waals surface area contributed by atoms with E-state index in [0.717, 1.165) is 33.7 Å². The molecule has 1 aliphatic rings. The van der Waals surface area contributed by atoms with Gasteiger partial charge in [-0.15, -0.1) is 21.5 Å². The van der Waals surface area contributed by atoms with Crippen LogP contribution in [0, 0.1) is 0 Å². The lowest BCUT2D eigenvalue weighted by atomic mass is 9.99. The lowest BCUT2D eigenvalue weighted by Gasteiger charge is -2.07. The number of rotatable bonds is 6. The van der Waals surface area contributed by atoms with Gasteiger partial charge in [0.2, 0.25) is 5.91 Å². The van der Waals surface area contributed by atoms with Gasteiger partial charge in [-0.25, -0.2) is 0 Å². The molecule has 3 heterocycles. The van der Waals surface area contributed by atoms with Gasteiger partial charge in [0, 0.05) is 17.8 Å². The number of fused-ring (bicyclic) bond motifs is 1. The number of hydrogen-bond donors (Lipinski definition) is 1. The molecule has 8 heteroatoms. The van der Waals surface area contributed by atoms with Gasteiger partial charge in [0.05, 0.1) is 16.5 Å². The number of thiophene rings is 1. The molecular formula is C19H18N4O2S2. The third-order valence-corrected chi connectivity index (χ3v) is 6.43. The first kappa shape index (κ1) is 17.9. The molecule has 138 valence electrons. The molecule has 1 amide bonds. The Balaban J connectivity index is 1.50. The molecule has 0 bridgehead atoms. The van der Waals surface area contributed by atoms with Gasteiger partial charge in [0.1, 0.15) is 0 Å². The van der Waals surface area contributed by atoms with E-state index in [-0.39, 0.29) is 23.4 Å². The molecule has 0 saturated heterocycles. The number of benzene rings is 1. The fraction of sp³-hybridized carbons (Fsp3) is 0.263. The third kappa shape index (κ3) is 3.30. The van der Waals surface area contributed by atoms with Crippen LogP contribution in [0.1, 0.15) is 35.7 Å². The molecule has 1 aliphatic heterocycles. The Morgan fingerprint density at radius 1 is 1.33 bits per heavy atom. The highest BCUT2D eigenvalue weighted by molar-refractivity contribution is 7.99. The number of nitrogens with one attached hydrogen (secondary N) is 1. The topological polar surface area (TPSA) is 76.9 Å². The average Bonchev–Trinajstić information content (AvgIpc) is 3.39. The van der Waals surface area contributed by atoms with Crippen molar-refractivity contribution in [1.29, 1.82) is 0 Å². The minimum Gasteiger partial charge on any atom is -0.325 e. The number of anilines is 1. The molecule has 0 radical (unpaired) electrons. The van der Waals surface area contributed by atoms with Crippen LogP contribution < -0.4 is 5.32 Å². The molecule has 1 atom stereocenters. The second-order valence-corrected chi connectivity index (χ2v) is 8.14. The Hall–Kier alpha value is -2.45. The molecule has 0 aliphatic carbocycles. The quantitative estimate of drug-likeness (QED) is 0.501. The number of carbonyl (C=O) groups is 2. The molecule has 4 rings (SSSR count). The maximum absolute atomic E-state index is 12.7. The lowest BCUT2D eigenvalue weighted by molar-refractivity contribution is -0.116. The van der Waals surface area contributed by atoms with Gasteiger partial charge in [-0.2, -0.15) is 0 Å². The van der Waals surface area contributed by atoms with Crippen LogP contribution in [-0.4, -0.2) is 32.2 Å². The van der Waals surface area contributed by atoms with Crippen LogP contribution in [-0.2, 0) is 11.3 Å². The van der Waals surface area contributed by atoms with Crippen molar-refractivity contribution in [3.05, 3.63) is 46.8 Å². The number of Topliss-reactive ketones (excluding diaryl/α,β-unsaturated/α-hetero) is 1. The second-order valence-electron chi connectivity index (χ2n) is 6.25. The van der Waals surface area contributed by atoms with Gasteiger partial charge in [-0.05, 0) is 49.1 Å². The van der Waals surface area contributed by atoms with Crippen LogP contribution in [0.2, 0.25) is 0 Å². The van der Waals surface area contributed by atoms with Gasteiger partial charge in [-0.1, -0.05) is 17.8 Å². The monoisotopic (exact) mass is 398 g/mol. The molecule has 0 fully saturated rings. The number of carbonyl (C=O) groups excluding carboxylic acids is 2. The lowest BCUT2D eigenvalue weighted by Crippen LogP contribution is -2.08. The van der Waals surface area contributed by atoms with Crippen LogP contribution in [0.15, 0.2) is 40.9 Å². The molecular weight excluding hydrogens is 380 g/mol. The molecule has 3 aromatic rings. The zero-order valence-corrected chi connectivity index (χ0v) is 16.6. The number of hydrogen-bond acceptors (Lipinski definition) is 6. The fourth-order valence-electron chi connectivity index (χ4n) is 3.07. The SMILES string of the molecule is CCn1c(SCC(=O)c2ccc3c(c2)[C@@H](C)C(=O)N3)nnc1-c1cccs1. The summed E-state index contributed by atoms with van der Waals surface area (Å²) in [5.41, 5.74) is 2.29. The summed E-state index contributed by atoms with van der Waals surface area (Å²) in [6.45, 7) is 4.62. The highest BCUT2D eigenvalue weighted by Crippen LogP contribution is 2.33. The van der Waals surface area contributed by atoms with Crippen molar-refractivity contribution in [2.45, 2.75) is 31.5 Å². The zero-order chi connectivity index (χ0) is 19.0. The van der Waals surface area contributed by atoms with E-state index in [9.17, 15) is 9.59 Å². The Labute approximate surface area is 165 Å². The smallest absolute Gasteiger partial charge is 0.231 e. The van der Waals surface area contributed by atoms with E-state index in [1.165, 1.54) is 11.8 Å². The maximum Gasteiger partial charge on any atom is 0.231 e. The standard InChI is InChI=1S/C19H18N4O2S2/c1-3-23-17(16-5-4-8-26-16)21-22-19(23)27-10-15(24)12-6-7-14-13(9-12)11(2)18(25)20-14/h4-9,11H,3,10H2,1-2H3,(H,20,25)/t11-/m1/s1. The van der Waals surface area contributed by atoms with Crippen molar-refractivity contribution in [3.8, 4) is 10.7 Å². The minimum atomic E-state index is -0.225. The molecule has 1 N–H and O–H groups in total. The van der Waals surface area contributed by atoms with E-state index in [2.05, 4.69) is 15.5 Å². The molecule has 6 nitrogen and oxygen atoms in total. The molecule has 1 aromatic carbocycles. The van der Waals surface area contributed by atoms with E-state index in [0.29, 0.717) is 5.56 Å². The normalized spacial score (nSPS) is 15.6. The first-order chi connectivity index (χ1) is 13.1. The summed E-state index contributed by atoms with van der Waals surface area (Å²) in [7, 11) is 0. The summed E-state index contributed by atoms with van der Waals surface area (Å²) >= 11 is 3.01. The van der Waals surface area contributed by atoms with Crippen molar-refractivity contribution in [2.24, 2.45) is 0 Å². The molecule has 0 saturated carbocycles. The molecule has 0 unspecified atom stereocenters. The van der Waals surface area contributed by atoms with Gasteiger partial charge in [0.25, 0.3) is 0 Å². The molecule has 0 spiro atoms.